The lowest BCUT2D eigenvalue weighted by Gasteiger charge is -2.20. The maximum Gasteiger partial charge on any atom is 0.264 e. The van der Waals surface area contributed by atoms with Crippen LogP contribution in [-0.4, -0.2) is 45.6 Å². The molecule has 11 heteroatoms. The van der Waals surface area contributed by atoms with Crippen LogP contribution in [0.5, 0.6) is 0 Å². The molecule has 2 aromatic rings. The van der Waals surface area contributed by atoms with Gasteiger partial charge in [0.2, 0.25) is 10.0 Å². The van der Waals surface area contributed by atoms with E-state index in [9.17, 15) is 25.3 Å². The van der Waals surface area contributed by atoms with Gasteiger partial charge in [-0.25, -0.2) is 30.0 Å². The van der Waals surface area contributed by atoms with E-state index in [1.165, 1.54) is 56.6 Å². The molecule has 0 amide bonds. The summed E-state index contributed by atoms with van der Waals surface area (Å²) in [7, 11) is -8.71. The lowest BCUT2D eigenvalue weighted by molar-refractivity contribution is 0.587. The number of rotatable bonds is 6. The lowest BCUT2D eigenvalue weighted by Crippen LogP contribution is -2.27. The van der Waals surface area contributed by atoms with E-state index in [-0.39, 0.29) is 20.4 Å². The van der Waals surface area contributed by atoms with Crippen molar-refractivity contribution >= 4 is 35.6 Å². The molecular formula is C15H18N2O6S3. The van der Waals surface area contributed by atoms with Gasteiger partial charge in [-0.05, 0) is 49.5 Å². The molecule has 0 atom stereocenters. The number of sulfone groups is 1. The maximum atomic E-state index is 12.8. The molecule has 2 rings (SSSR count). The minimum absolute atomic E-state index is 0.0640. The van der Waals surface area contributed by atoms with Gasteiger partial charge in [0, 0.05) is 13.3 Å². The van der Waals surface area contributed by atoms with Crippen molar-refractivity contribution in [2.75, 3.05) is 24.7 Å². The minimum atomic E-state index is -4.04. The summed E-state index contributed by atoms with van der Waals surface area (Å²) in [6.45, 7) is 0. The predicted molar refractivity (Wildman–Crippen MR) is 97.8 cm³/mol. The van der Waals surface area contributed by atoms with Gasteiger partial charge < -0.3 is 0 Å². The van der Waals surface area contributed by atoms with Crippen LogP contribution >= 0.6 is 0 Å². The van der Waals surface area contributed by atoms with Gasteiger partial charge in [0.05, 0.1) is 20.4 Å². The number of sulfonamides is 2. The van der Waals surface area contributed by atoms with Crippen LogP contribution in [0, 0.1) is 0 Å². The monoisotopic (exact) mass is 418 g/mol. The zero-order chi connectivity index (χ0) is 19.8. The number of nitrogens with zero attached hydrogens (tertiary/aromatic N) is 1. The van der Waals surface area contributed by atoms with E-state index in [1.54, 1.807) is 0 Å². The molecule has 0 aliphatic rings. The number of hydrogen-bond donors (Lipinski definition) is 1. The SMILES string of the molecule is CNS(=O)(=O)c1cccc(S(=O)(=O)N(C)c2ccc(S(C)(=O)=O)cc2)c1. The van der Waals surface area contributed by atoms with E-state index in [2.05, 4.69) is 4.72 Å². The average molecular weight is 419 g/mol. The first-order valence-corrected chi connectivity index (χ1v) is 12.0. The Morgan fingerprint density at radius 2 is 1.35 bits per heavy atom. The van der Waals surface area contributed by atoms with E-state index in [1.807, 2.05) is 0 Å². The Hall–Kier alpha value is -1.95. The quantitative estimate of drug-likeness (QED) is 0.742. The zero-order valence-electron chi connectivity index (χ0n) is 14.2. The normalized spacial score (nSPS) is 12.7. The summed E-state index contributed by atoms with van der Waals surface area (Å²) in [6, 6.07) is 10.3. The van der Waals surface area contributed by atoms with Gasteiger partial charge in [-0.2, -0.15) is 0 Å². The second-order valence-electron chi connectivity index (χ2n) is 5.42. The fraction of sp³-hybridized carbons (Fsp3) is 0.200. The molecule has 8 nitrogen and oxygen atoms in total. The Morgan fingerprint density at radius 3 is 1.85 bits per heavy atom. The van der Waals surface area contributed by atoms with Gasteiger partial charge in [-0.15, -0.1) is 0 Å². The van der Waals surface area contributed by atoms with E-state index < -0.39 is 29.9 Å². The van der Waals surface area contributed by atoms with Gasteiger partial charge in [-0.3, -0.25) is 4.31 Å². The van der Waals surface area contributed by atoms with Crippen molar-refractivity contribution in [1.82, 2.24) is 4.72 Å². The Morgan fingerprint density at radius 1 is 0.808 bits per heavy atom. The smallest absolute Gasteiger partial charge is 0.264 e. The van der Waals surface area contributed by atoms with Crippen molar-refractivity contribution in [3.63, 3.8) is 0 Å². The molecule has 0 radical (unpaired) electrons. The van der Waals surface area contributed by atoms with Crippen molar-refractivity contribution in [1.29, 1.82) is 0 Å². The molecule has 0 bridgehead atoms. The van der Waals surface area contributed by atoms with E-state index in [0.717, 1.165) is 16.6 Å². The minimum Gasteiger partial charge on any atom is -0.269 e. The highest BCUT2D eigenvalue weighted by atomic mass is 32.2. The molecule has 142 valence electrons. The van der Waals surface area contributed by atoms with Crippen LogP contribution in [0.15, 0.2) is 63.2 Å². The lowest BCUT2D eigenvalue weighted by atomic mass is 10.3. The van der Waals surface area contributed by atoms with E-state index >= 15 is 0 Å². The van der Waals surface area contributed by atoms with Crippen LogP contribution in [0.1, 0.15) is 0 Å². The van der Waals surface area contributed by atoms with Gasteiger partial charge >= 0.3 is 0 Å². The molecule has 0 aromatic heterocycles. The highest BCUT2D eigenvalue weighted by Gasteiger charge is 2.24. The van der Waals surface area contributed by atoms with Crippen LogP contribution < -0.4 is 9.03 Å². The summed E-state index contributed by atoms with van der Waals surface area (Å²) in [4.78, 5) is -0.320. The largest absolute Gasteiger partial charge is 0.269 e. The molecule has 0 heterocycles. The number of anilines is 1. The van der Waals surface area contributed by atoms with Crippen LogP contribution in [-0.2, 0) is 29.9 Å². The van der Waals surface area contributed by atoms with Crippen LogP contribution in [0.4, 0.5) is 5.69 Å². The molecule has 0 saturated heterocycles. The summed E-state index contributed by atoms with van der Waals surface area (Å²) in [6.07, 6.45) is 1.05. The summed E-state index contributed by atoms with van der Waals surface area (Å²) in [5, 5.41) is 0. The van der Waals surface area contributed by atoms with Gasteiger partial charge in [-0.1, -0.05) is 6.07 Å². The van der Waals surface area contributed by atoms with Crippen molar-refractivity contribution in [3.05, 3.63) is 48.5 Å². The fourth-order valence-electron chi connectivity index (χ4n) is 2.12. The van der Waals surface area contributed by atoms with Crippen molar-refractivity contribution < 1.29 is 25.3 Å². The first-order valence-electron chi connectivity index (χ1n) is 7.22. The van der Waals surface area contributed by atoms with Gasteiger partial charge in [0.15, 0.2) is 9.84 Å². The molecule has 0 aliphatic heterocycles. The molecule has 0 saturated carbocycles. The van der Waals surface area contributed by atoms with Crippen LogP contribution in [0.25, 0.3) is 0 Å². The summed E-state index contributed by atoms with van der Waals surface area (Å²) < 4.78 is 75.4. The number of hydrogen-bond acceptors (Lipinski definition) is 6. The molecule has 0 aliphatic carbocycles. The third-order valence-electron chi connectivity index (χ3n) is 3.67. The topological polar surface area (TPSA) is 118 Å². The van der Waals surface area contributed by atoms with Gasteiger partial charge in [0.1, 0.15) is 0 Å². The summed E-state index contributed by atoms with van der Waals surface area (Å²) in [5.41, 5.74) is 0.235. The Kier molecular flexibility index (Phi) is 5.47. The molecule has 0 spiro atoms. The predicted octanol–water partition coefficient (Wildman–Crippen LogP) is 0.823. The Bertz CT molecular complexity index is 1120. The first kappa shape index (κ1) is 20.4. The number of nitrogens with one attached hydrogen (secondary N) is 1. The molecule has 0 fully saturated rings. The Balaban J connectivity index is 2.46. The summed E-state index contributed by atoms with van der Waals surface area (Å²) >= 11 is 0. The van der Waals surface area contributed by atoms with E-state index in [0.29, 0.717) is 0 Å². The highest BCUT2D eigenvalue weighted by Crippen LogP contribution is 2.25. The number of benzene rings is 2. The molecule has 1 N–H and O–H groups in total. The third kappa shape index (κ3) is 4.06. The third-order valence-corrected chi connectivity index (χ3v) is 7.99. The van der Waals surface area contributed by atoms with Crippen molar-refractivity contribution in [2.24, 2.45) is 0 Å². The second kappa shape index (κ2) is 6.99. The van der Waals surface area contributed by atoms with E-state index in [4.69, 9.17) is 0 Å². The molecule has 26 heavy (non-hydrogen) atoms. The molecule has 2 aromatic carbocycles. The summed E-state index contributed by atoms with van der Waals surface area (Å²) in [5.74, 6) is 0. The molecular weight excluding hydrogens is 400 g/mol. The second-order valence-corrected chi connectivity index (χ2v) is 11.3. The van der Waals surface area contributed by atoms with Crippen LogP contribution in [0.2, 0.25) is 0 Å². The van der Waals surface area contributed by atoms with Gasteiger partial charge in [0.25, 0.3) is 10.0 Å². The van der Waals surface area contributed by atoms with Crippen LogP contribution in [0.3, 0.4) is 0 Å². The van der Waals surface area contributed by atoms with Crippen molar-refractivity contribution in [3.8, 4) is 0 Å². The standard InChI is InChI=1S/C15H18N2O6S3/c1-16-25(20,21)14-5-4-6-15(11-14)26(22,23)17(2)12-7-9-13(10-8-12)24(3,18)19/h4-11,16H,1-3H3. The average Bonchev–Trinajstić information content (AvgIpc) is 2.60. The zero-order valence-corrected chi connectivity index (χ0v) is 16.7. The Labute approximate surface area is 153 Å². The fourth-order valence-corrected chi connectivity index (χ4v) is 4.84. The maximum absolute atomic E-state index is 12.8. The molecule has 0 unspecified atom stereocenters. The first-order chi connectivity index (χ1) is 11.9. The van der Waals surface area contributed by atoms with Crippen molar-refractivity contribution in [2.45, 2.75) is 14.7 Å². The highest BCUT2D eigenvalue weighted by molar-refractivity contribution is 7.93.